The lowest BCUT2D eigenvalue weighted by molar-refractivity contribution is -0.146. The first-order valence-electron chi connectivity index (χ1n) is 8.96. The van der Waals surface area contributed by atoms with Gasteiger partial charge in [-0.3, -0.25) is 0 Å². The topological polar surface area (TPSA) is 75.9 Å². The van der Waals surface area contributed by atoms with Crippen LogP contribution in [0, 0.1) is 0 Å². The quantitative estimate of drug-likeness (QED) is 0.772. The monoisotopic (exact) mass is 400 g/mol. The second kappa shape index (κ2) is 7.10. The van der Waals surface area contributed by atoms with Crippen LogP contribution in [-0.4, -0.2) is 62.6 Å². The van der Waals surface area contributed by atoms with Crippen LogP contribution in [0.4, 0.5) is 23.8 Å². The third kappa shape index (κ3) is 4.28. The fourth-order valence-corrected chi connectivity index (χ4v) is 3.09. The number of carbonyl (C=O) groups is 1. The first-order chi connectivity index (χ1) is 13.0. The van der Waals surface area contributed by atoms with Gasteiger partial charge in [0.25, 0.3) is 5.82 Å². The molecule has 0 N–H and O–H groups in total. The van der Waals surface area contributed by atoms with Crippen molar-refractivity contribution in [3.63, 3.8) is 0 Å². The van der Waals surface area contributed by atoms with Crippen molar-refractivity contribution < 1.29 is 22.7 Å². The molecule has 0 aliphatic carbocycles. The van der Waals surface area contributed by atoms with E-state index in [0.29, 0.717) is 36.3 Å². The van der Waals surface area contributed by atoms with Gasteiger partial charge in [0.05, 0.1) is 0 Å². The number of hydrogen-bond donors (Lipinski definition) is 0. The molecule has 154 valence electrons. The minimum Gasteiger partial charge on any atom is -0.444 e. The van der Waals surface area contributed by atoms with E-state index in [9.17, 15) is 18.0 Å². The molecule has 0 spiro atoms. The molecular weight excluding hydrogens is 377 g/mol. The molecule has 2 aromatic rings. The van der Waals surface area contributed by atoms with E-state index in [4.69, 9.17) is 4.74 Å². The van der Waals surface area contributed by atoms with Crippen molar-refractivity contribution in [3.8, 4) is 0 Å². The van der Waals surface area contributed by atoms with Crippen LogP contribution in [-0.2, 0) is 10.9 Å². The van der Waals surface area contributed by atoms with Crippen LogP contribution in [0.3, 0.4) is 0 Å². The van der Waals surface area contributed by atoms with Gasteiger partial charge in [-0.1, -0.05) is 0 Å². The van der Waals surface area contributed by atoms with Crippen LogP contribution in [0.25, 0.3) is 5.65 Å². The summed E-state index contributed by atoms with van der Waals surface area (Å²) in [5.74, 6) is -0.736. The average molecular weight is 400 g/mol. The van der Waals surface area contributed by atoms with Crippen molar-refractivity contribution >= 4 is 17.6 Å². The molecule has 0 bridgehead atoms. The maximum absolute atomic E-state index is 13.0. The van der Waals surface area contributed by atoms with Crippen LogP contribution in [0.2, 0.25) is 0 Å². The van der Waals surface area contributed by atoms with Gasteiger partial charge in [-0.2, -0.15) is 17.7 Å². The van der Waals surface area contributed by atoms with E-state index in [1.807, 2.05) is 25.7 Å². The van der Waals surface area contributed by atoms with Crippen molar-refractivity contribution in [1.29, 1.82) is 0 Å². The van der Waals surface area contributed by atoms with E-state index in [-0.39, 0.29) is 17.8 Å². The van der Waals surface area contributed by atoms with Gasteiger partial charge in [-0.25, -0.2) is 4.79 Å². The summed E-state index contributed by atoms with van der Waals surface area (Å²) in [6.07, 6.45) is -3.70. The Labute approximate surface area is 160 Å². The molecule has 1 aliphatic heterocycles. The number of piperidine rings is 1. The molecular formula is C17H23F3N6O2. The van der Waals surface area contributed by atoms with Gasteiger partial charge in [-0.15, -0.1) is 15.3 Å². The van der Waals surface area contributed by atoms with E-state index >= 15 is 0 Å². The van der Waals surface area contributed by atoms with Crippen molar-refractivity contribution in [2.45, 2.75) is 51.4 Å². The number of anilines is 1. The van der Waals surface area contributed by atoms with Gasteiger partial charge in [-0.05, 0) is 45.7 Å². The largest absolute Gasteiger partial charge is 0.453 e. The van der Waals surface area contributed by atoms with E-state index in [1.165, 1.54) is 6.07 Å². The van der Waals surface area contributed by atoms with Gasteiger partial charge < -0.3 is 14.5 Å². The fourth-order valence-electron chi connectivity index (χ4n) is 3.09. The predicted molar refractivity (Wildman–Crippen MR) is 95.0 cm³/mol. The lowest BCUT2D eigenvalue weighted by atomic mass is 10.0. The zero-order chi connectivity index (χ0) is 20.7. The van der Waals surface area contributed by atoms with Gasteiger partial charge in [0, 0.05) is 26.2 Å². The molecule has 0 radical (unpaired) electrons. The molecule has 0 atom stereocenters. The molecule has 28 heavy (non-hydrogen) atoms. The lowest BCUT2D eigenvalue weighted by Gasteiger charge is -2.37. The van der Waals surface area contributed by atoms with Gasteiger partial charge in [0.2, 0.25) is 0 Å². The molecule has 1 saturated heterocycles. The van der Waals surface area contributed by atoms with Crippen molar-refractivity contribution in [3.05, 3.63) is 18.0 Å². The summed E-state index contributed by atoms with van der Waals surface area (Å²) in [5, 5.41) is 10.8. The van der Waals surface area contributed by atoms with E-state index in [0.717, 1.165) is 0 Å². The Balaban J connectivity index is 1.69. The summed E-state index contributed by atoms with van der Waals surface area (Å²) in [6, 6.07) is 3.08. The van der Waals surface area contributed by atoms with E-state index < -0.39 is 17.6 Å². The van der Waals surface area contributed by atoms with Crippen LogP contribution < -0.4 is 4.90 Å². The zero-order valence-corrected chi connectivity index (χ0v) is 16.2. The Kier molecular flexibility index (Phi) is 5.11. The number of halogens is 3. The Hall–Kier alpha value is -2.59. The molecule has 8 nitrogen and oxygen atoms in total. The molecule has 3 rings (SSSR count). The molecule has 2 aromatic heterocycles. The normalized spacial score (nSPS) is 16.5. The summed E-state index contributed by atoms with van der Waals surface area (Å²) >= 11 is 0. The van der Waals surface area contributed by atoms with Crippen LogP contribution >= 0.6 is 0 Å². The number of aromatic nitrogens is 4. The van der Waals surface area contributed by atoms with Crippen LogP contribution in [0.1, 0.15) is 39.4 Å². The Morgan fingerprint density at radius 3 is 2.39 bits per heavy atom. The average Bonchev–Trinajstić information content (AvgIpc) is 3.03. The van der Waals surface area contributed by atoms with Crippen LogP contribution in [0.15, 0.2) is 12.1 Å². The Morgan fingerprint density at radius 2 is 1.82 bits per heavy atom. The summed E-state index contributed by atoms with van der Waals surface area (Å²) in [4.78, 5) is 15.7. The molecule has 3 heterocycles. The smallest absolute Gasteiger partial charge is 0.444 e. The Bertz CT molecular complexity index is 853. The highest BCUT2D eigenvalue weighted by molar-refractivity contribution is 5.68. The lowest BCUT2D eigenvalue weighted by Crippen LogP contribution is -2.47. The molecule has 0 saturated carbocycles. The van der Waals surface area contributed by atoms with Crippen molar-refractivity contribution in [2.24, 2.45) is 0 Å². The number of ether oxygens (including phenoxy) is 1. The Morgan fingerprint density at radius 1 is 1.18 bits per heavy atom. The van der Waals surface area contributed by atoms with Gasteiger partial charge >= 0.3 is 12.3 Å². The van der Waals surface area contributed by atoms with Crippen LogP contribution in [0.5, 0.6) is 0 Å². The van der Waals surface area contributed by atoms with Gasteiger partial charge in [0.15, 0.2) is 5.65 Å². The number of nitrogens with zero attached hydrogens (tertiary/aromatic N) is 6. The third-order valence-electron chi connectivity index (χ3n) is 4.52. The molecule has 1 aliphatic rings. The summed E-state index contributed by atoms with van der Waals surface area (Å²) in [5.41, 5.74) is -0.531. The first-order valence-corrected chi connectivity index (χ1v) is 8.96. The minimum atomic E-state index is -4.63. The standard InChI is InChI=1S/C17H23F3N6O2/c1-16(2,3)28-15(27)24(4)11-7-9-25(10-8-11)13-6-5-12-21-22-14(17(18,19)20)26(12)23-13/h5-6,11H,7-10H2,1-4H3. The third-order valence-corrected chi connectivity index (χ3v) is 4.52. The maximum atomic E-state index is 13.0. The minimum absolute atomic E-state index is 0.00419. The number of fused-ring (bicyclic) bond motifs is 1. The van der Waals surface area contributed by atoms with E-state index in [2.05, 4.69) is 15.3 Å². The molecule has 1 amide bonds. The zero-order valence-electron chi connectivity index (χ0n) is 16.2. The molecule has 0 aromatic carbocycles. The maximum Gasteiger partial charge on any atom is 0.453 e. The summed E-state index contributed by atoms with van der Waals surface area (Å²) < 4.78 is 45.2. The number of alkyl halides is 3. The first kappa shape index (κ1) is 20.2. The number of carbonyl (C=O) groups excluding carboxylic acids is 1. The predicted octanol–water partition coefficient (Wildman–Crippen LogP) is 2.98. The second-order valence-corrected chi connectivity index (χ2v) is 7.79. The highest BCUT2D eigenvalue weighted by Crippen LogP contribution is 2.28. The number of hydrogen-bond acceptors (Lipinski definition) is 6. The highest BCUT2D eigenvalue weighted by atomic mass is 19.4. The second-order valence-electron chi connectivity index (χ2n) is 7.79. The fraction of sp³-hybridized carbons (Fsp3) is 0.647. The summed E-state index contributed by atoms with van der Waals surface area (Å²) in [6.45, 7) is 6.54. The highest BCUT2D eigenvalue weighted by Gasteiger charge is 2.38. The number of amides is 1. The van der Waals surface area contributed by atoms with Gasteiger partial charge in [0.1, 0.15) is 11.4 Å². The summed E-state index contributed by atoms with van der Waals surface area (Å²) in [7, 11) is 1.70. The van der Waals surface area contributed by atoms with E-state index in [1.54, 1.807) is 18.0 Å². The SMILES string of the molecule is CN(C(=O)OC(C)(C)C)C1CCN(c2ccc3nnc(C(F)(F)F)n3n2)CC1. The van der Waals surface area contributed by atoms with Crippen molar-refractivity contribution in [1.82, 2.24) is 24.7 Å². The molecule has 11 heteroatoms. The molecule has 1 fully saturated rings. The molecule has 0 unspecified atom stereocenters. The van der Waals surface area contributed by atoms with Crippen molar-refractivity contribution in [2.75, 3.05) is 25.0 Å². The number of rotatable bonds is 2.